The predicted molar refractivity (Wildman–Crippen MR) is 108 cm³/mol. The summed E-state index contributed by atoms with van der Waals surface area (Å²) in [6.07, 6.45) is 2.61. The van der Waals surface area contributed by atoms with Crippen molar-refractivity contribution in [1.82, 2.24) is 20.1 Å². The van der Waals surface area contributed by atoms with Crippen LogP contribution >= 0.6 is 0 Å². The number of hydrogen-bond acceptors (Lipinski definition) is 5. The summed E-state index contributed by atoms with van der Waals surface area (Å²) in [7, 11) is 0. The van der Waals surface area contributed by atoms with Crippen molar-refractivity contribution in [2.45, 2.75) is 39.0 Å². The Kier molecular flexibility index (Phi) is 5.84. The molecule has 158 valence electrons. The average Bonchev–Trinajstić information content (AvgIpc) is 3.17. The average molecular weight is 415 g/mol. The topological polar surface area (TPSA) is 106 Å². The molecular weight excluding hydrogens is 392 g/mol. The second kappa shape index (κ2) is 8.19. The lowest BCUT2D eigenvalue weighted by molar-refractivity contribution is -0.0186. The molecule has 1 amide bonds. The first kappa shape index (κ1) is 21.4. The minimum Gasteiger partial charge on any atom is -0.398 e. The van der Waals surface area contributed by atoms with Gasteiger partial charge >= 0.3 is 0 Å². The molecule has 30 heavy (non-hydrogen) atoms. The van der Waals surface area contributed by atoms with E-state index in [9.17, 15) is 18.7 Å². The Morgan fingerprint density at radius 3 is 2.67 bits per heavy atom. The van der Waals surface area contributed by atoms with Gasteiger partial charge in [-0.3, -0.25) is 4.79 Å². The standard InChI is InChI=1S/C21H23F2N5O2/c1-12-6-13(2)19(24)16(7-12)20(29)27-14(3)21(30,9-28-11-25-10-26-28)17-5-4-15(22)8-18(17)23/h4-8,10-11,14,30H,9,24H2,1-3H3,(H,27,29)/t14-,21-/m1/s1. The predicted octanol–water partition coefficient (Wildman–Crippen LogP) is 2.46. The zero-order valence-corrected chi connectivity index (χ0v) is 16.9. The highest BCUT2D eigenvalue weighted by Crippen LogP contribution is 2.30. The molecule has 0 radical (unpaired) electrons. The van der Waals surface area contributed by atoms with Crippen LogP contribution in [0.15, 0.2) is 43.0 Å². The molecule has 1 heterocycles. The van der Waals surface area contributed by atoms with E-state index in [1.165, 1.54) is 24.3 Å². The zero-order chi connectivity index (χ0) is 22.1. The second-order valence-electron chi connectivity index (χ2n) is 7.38. The van der Waals surface area contributed by atoms with Crippen LogP contribution in [0, 0.1) is 25.5 Å². The third kappa shape index (κ3) is 4.16. The Labute approximate surface area is 172 Å². The van der Waals surface area contributed by atoms with Crippen molar-refractivity contribution in [2.75, 3.05) is 5.73 Å². The molecule has 0 fully saturated rings. The number of halogens is 2. The number of nitrogens with zero attached hydrogens (tertiary/aromatic N) is 3. The molecule has 0 aliphatic heterocycles. The molecule has 0 aliphatic carbocycles. The van der Waals surface area contributed by atoms with E-state index in [4.69, 9.17) is 5.73 Å². The smallest absolute Gasteiger partial charge is 0.253 e. The van der Waals surface area contributed by atoms with E-state index in [0.29, 0.717) is 11.8 Å². The van der Waals surface area contributed by atoms with Gasteiger partial charge in [0.05, 0.1) is 18.2 Å². The molecule has 0 saturated heterocycles. The van der Waals surface area contributed by atoms with Gasteiger partial charge in [0.15, 0.2) is 0 Å². The number of anilines is 1. The number of nitrogen functional groups attached to an aromatic ring is 1. The fourth-order valence-electron chi connectivity index (χ4n) is 3.42. The number of carbonyl (C=O) groups excluding carboxylic acids is 1. The normalized spacial score (nSPS) is 14.2. The summed E-state index contributed by atoms with van der Waals surface area (Å²) in [6.45, 7) is 4.93. The van der Waals surface area contributed by atoms with Crippen LogP contribution in [0.4, 0.5) is 14.5 Å². The summed E-state index contributed by atoms with van der Waals surface area (Å²) in [5.74, 6) is -2.24. The quantitative estimate of drug-likeness (QED) is 0.537. The van der Waals surface area contributed by atoms with Crippen LogP contribution < -0.4 is 11.1 Å². The van der Waals surface area contributed by atoms with Gasteiger partial charge in [-0.05, 0) is 44.0 Å². The first-order chi connectivity index (χ1) is 14.1. The van der Waals surface area contributed by atoms with Gasteiger partial charge in [0.1, 0.15) is 29.9 Å². The third-order valence-electron chi connectivity index (χ3n) is 5.11. The van der Waals surface area contributed by atoms with Gasteiger partial charge in [0.2, 0.25) is 0 Å². The van der Waals surface area contributed by atoms with Gasteiger partial charge in [-0.15, -0.1) is 0 Å². The largest absolute Gasteiger partial charge is 0.398 e. The molecule has 0 spiro atoms. The van der Waals surface area contributed by atoms with E-state index >= 15 is 0 Å². The molecule has 9 heteroatoms. The maximum atomic E-state index is 14.6. The number of benzene rings is 2. The summed E-state index contributed by atoms with van der Waals surface area (Å²) in [5, 5.41) is 18.1. The highest BCUT2D eigenvalue weighted by molar-refractivity contribution is 6.00. The van der Waals surface area contributed by atoms with Crippen LogP contribution in [0.5, 0.6) is 0 Å². The van der Waals surface area contributed by atoms with Crippen molar-refractivity contribution in [1.29, 1.82) is 0 Å². The maximum absolute atomic E-state index is 14.6. The molecule has 0 saturated carbocycles. The Balaban J connectivity index is 1.98. The van der Waals surface area contributed by atoms with Crippen LogP contribution in [0.1, 0.15) is 34.0 Å². The Morgan fingerprint density at radius 1 is 1.30 bits per heavy atom. The molecule has 2 aromatic carbocycles. The van der Waals surface area contributed by atoms with E-state index in [0.717, 1.165) is 23.3 Å². The highest BCUT2D eigenvalue weighted by Gasteiger charge is 2.40. The Bertz CT molecular complexity index is 1070. The van der Waals surface area contributed by atoms with Gasteiger partial charge in [-0.25, -0.2) is 18.4 Å². The monoisotopic (exact) mass is 415 g/mol. The molecule has 0 aliphatic rings. The lowest BCUT2D eigenvalue weighted by Gasteiger charge is -2.35. The van der Waals surface area contributed by atoms with Crippen molar-refractivity contribution in [2.24, 2.45) is 0 Å². The molecule has 2 atom stereocenters. The summed E-state index contributed by atoms with van der Waals surface area (Å²) in [4.78, 5) is 16.7. The number of hydrogen-bond donors (Lipinski definition) is 3. The van der Waals surface area contributed by atoms with Crippen LogP contribution in [-0.4, -0.2) is 31.8 Å². The molecule has 3 rings (SSSR count). The van der Waals surface area contributed by atoms with Gasteiger partial charge in [0.25, 0.3) is 5.91 Å². The number of rotatable bonds is 6. The van der Waals surface area contributed by atoms with Gasteiger partial charge in [-0.2, -0.15) is 5.10 Å². The van der Waals surface area contributed by atoms with Crippen molar-refractivity contribution >= 4 is 11.6 Å². The van der Waals surface area contributed by atoms with Crippen LogP contribution in [0.3, 0.4) is 0 Å². The molecular formula is C21H23F2N5O2. The molecule has 1 aromatic heterocycles. The summed E-state index contributed by atoms with van der Waals surface area (Å²) < 4.78 is 29.3. The third-order valence-corrected chi connectivity index (χ3v) is 5.11. The molecule has 4 N–H and O–H groups in total. The molecule has 0 bridgehead atoms. The highest BCUT2D eigenvalue weighted by atomic mass is 19.1. The number of aromatic nitrogens is 3. The fraction of sp³-hybridized carbons (Fsp3) is 0.286. The van der Waals surface area contributed by atoms with E-state index < -0.39 is 29.2 Å². The first-order valence-electron chi connectivity index (χ1n) is 9.29. The Hall–Kier alpha value is -3.33. The van der Waals surface area contributed by atoms with Crippen molar-refractivity contribution in [3.8, 4) is 0 Å². The number of nitrogens with two attached hydrogens (primary N) is 1. The van der Waals surface area contributed by atoms with Crippen molar-refractivity contribution in [3.05, 3.63) is 76.9 Å². The van der Waals surface area contributed by atoms with Gasteiger partial charge < -0.3 is 16.2 Å². The SMILES string of the molecule is Cc1cc(C)c(N)c(C(=O)N[C@H](C)[C@](O)(Cn2cncn2)c2ccc(F)cc2F)c1. The lowest BCUT2D eigenvalue weighted by Crippen LogP contribution is -2.52. The van der Waals surface area contributed by atoms with Crippen LogP contribution in [0.25, 0.3) is 0 Å². The molecule has 0 unspecified atom stereocenters. The maximum Gasteiger partial charge on any atom is 0.253 e. The van der Waals surface area contributed by atoms with E-state index in [1.807, 2.05) is 13.0 Å². The van der Waals surface area contributed by atoms with Crippen molar-refractivity contribution < 1.29 is 18.7 Å². The number of aryl methyl sites for hydroxylation is 2. The summed E-state index contributed by atoms with van der Waals surface area (Å²) in [6, 6.07) is 5.37. The Morgan fingerprint density at radius 2 is 2.03 bits per heavy atom. The molecule has 3 aromatic rings. The van der Waals surface area contributed by atoms with Crippen LogP contribution in [-0.2, 0) is 12.1 Å². The number of amides is 1. The summed E-state index contributed by atoms with van der Waals surface area (Å²) in [5.41, 5.74) is 6.09. The van der Waals surface area contributed by atoms with Gasteiger partial charge in [-0.1, -0.05) is 12.1 Å². The van der Waals surface area contributed by atoms with Crippen LogP contribution in [0.2, 0.25) is 0 Å². The number of nitrogens with one attached hydrogen (secondary N) is 1. The number of carbonyl (C=O) groups is 1. The minimum atomic E-state index is -1.95. The molecule has 7 nitrogen and oxygen atoms in total. The minimum absolute atomic E-state index is 0.180. The van der Waals surface area contributed by atoms with E-state index in [2.05, 4.69) is 15.4 Å². The van der Waals surface area contributed by atoms with E-state index in [1.54, 1.807) is 13.0 Å². The van der Waals surface area contributed by atoms with Gasteiger partial charge in [0, 0.05) is 17.3 Å². The van der Waals surface area contributed by atoms with E-state index in [-0.39, 0.29) is 17.7 Å². The zero-order valence-electron chi connectivity index (χ0n) is 16.9. The van der Waals surface area contributed by atoms with Crippen molar-refractivity contribution in [3.63, 3.8) is 0 Å². The summed E-state index contributed by atoms with van der Waals surface area (Å²) >= 11 is 0. The fourth-order valence-corrected chi connectivity index (χ4v) is 3.42. The number of aliphatic hydroxyl groups is 1. The second-order valence-corrected chi connectivity index (χ2v) is 7.38. The first-order valence-corrected chi connectivity index (χ1v) is 9.29. The lowest BCUT2D eigenvalue weighted by atomic mass is 9.86.